The summed E-state index contributed by atoms with van der Waals surface area (Å²) in [5, 5.41) is 7.60. The largest absolute Gasteiger partial charge is 0.496 e. The molecule has 0 radical (unpaired) electrons. The molecule has 0 fully saturated rings. The number of halogens is 1. The van der Waals surface area contributed by atoms with Gasteiger partial charge >= 0.3 is 0 Å². The lowest BCUT2D eigenvalue weighted by Gasteiger charge is -2.15. The highest BCUT2D eigenvalue weighted by atomic mass is 19.1. The zero-order chi connectivity index (χ0) is 14.5. The smallest absolute Gasteiger partial charge is 0.123 e. The average Bonchev–Trinajstić information content (AvgIpc) is 2.82. The van der Waals surface area contributed by atoms with E-state index in [0.29, 0.717) is 12.3 Å². The van der Waals surface area contributed by atoms with Gasteiger partial charge in [0.15, 0.2) is 0 Å². The van der Waals surface area contributed by atoms with Gasteiger partial charge in [-0.2, -0.15) is 5.10 Å². The highest BCUT2D eigenvalue weighted by Crippen LogP contribution is 2.19. The summed E-state index contributed by atoms with van der Waals surface area (Å²) in [5.74, 6) is 0.444. The van der Waals surface area contributed by atoms with Gasteiger partial charge in [0.1, 0.15) is 11.6 Å². The zero-order valence-corrected chi connectivity index (χ0v) is 12.1. The van der Waals surface area contributed by atoms with Crippen LogP contribution in [0.1, 0.15) is 18.1 Å². The minimum atomic E-state index is -0.252. The SMILES string of the molecule is COc1ccc(F)cc1CN[C@H](C)Cn1cc(C)cn1. The van der Waals surface area contributed by atoms with Crippen molar-refractivity contribution in [2.75, 3.05) is 7.11 Å². The molecule has 2 rings (SSSR count). The van der Waals surface area contributed by atoms with Crippen LogP contribution in [0.4, 0.5) is 4.39 Å². The van der Waals surface area contributed by atoms with Crippen LogP contribution in [-0.2, 0) is 13.1 Å². The summed E-state index contributed by atoms with van der Waals surface area (Å²) in [6, 6.07) is 4.77. The van der Waals surface area contributed by atoms with Gasteiger partial charge in [0.2, 0.25) is 0 Å². The number of nitrogens with one attached hydrogen (secondary N) is 1. The molecule has 0 aliphatic rings. The quantitative estimate of drug-likeness (QED) is 0.882. The van der Waals surface area contributed by atoms with Gasteiger partial charge in [0.25, 0.3) is 0 Å². The Bertz CT molecular complexity index is 568. The summed E-state index contributed by atoms with van der Waals surface area (Å²) in [7, 11) is 1.59. The fraction of sp³-hybridized carbons (Fsp3) is 0.400. The number of aryl methyl sites for hydroxylation is 1. The van der Waals surface area contributed by atoms with Crippen LogP contribution in [0.15, 0.2) is 30.6 Å². The first-order chi connectivity index (χ1) is 9.58. The van der Waals surface area contributed by atoms with Crippen LogP contribution in [0.5, 0.6) is 5.75 Å². The molecule has 0 spiro atoms. The third-order valence-corrected chi connectivity index (χ3v) is 3.11. The fourth-order valence-corrected chi connectivity index (χ4v) is 2.08. The molecule has 4 nitrogen and oxygen atoms in total. The van der Waals surface area contributed by atoms with Gasteiger partial charge in [0.05, 0.1) is 19.9 Å². The number of rotatable bonds is 6. The van der Waals surface area contributed by atoms with Crippen LogP contribution in [-0.4, -0.2) is 22.9 Å². The predicted molar refractivity (Wildman–Crippen MR) is 76.2 cm³/mol. The molecule has 5 heteroatoms. The van der Waals surface area contributed by atoms with Gasteiger partial charge in [-0.15, -0.1) is 0 Å². The molecule has 1 N–H and O–H groups in total. The Balaban J connectivity index is 1.92. The van der Waals surface area contributed by atoms with Gasteiger partial charge in [0, 0.05) is 24.3 Å². The Morgan fingerprint density at radius 2 is 2.25 bits per heavy atom. The fourth-order valence-electron chi connectivity index (χ4n) is 2.08. The third kappa shape index (κ3) is 3.81. The Hall–Kier alpha value is -1.88. The van der Waals surface area contributed by atoms with Crippen LogP contribution < -0.4 is 10.1 Å². The van der Waals surface area contributed by atoms with Crippen molar-refractivity contribution in [3.63, 3.8) is 0 Å². The van der Waals surface area contributed by atoms with Crippen molar-refractivity contribution in [1.82, 2.24) is 15.1 Å². The number of benzene rings is 1. The maximum Gasteiger partial charge on any atom is 0.123 e. The summed E-state index contributed by atoms with van der Waals surface area (Å²) in [6.45, 7) is 5.41. The molecule has 20 heavy (non-hydrogen) atoms. The molecule has 1 aromatic carbocycles. The Morgan fingerprint density at radius 3 is 2.90 bits per heavy atom. The summed E-state index contributed by atoms with van der Waals surface area (Å²) in [5.41, 5.74) is 1.96. The molecule has 1 aromatic heterocycles. The maximum absolute atomic E-state index is 13.3. The summed E-state index contributed by atoms with van der Waals surface area (Å²) in [6.07, 6.45) is 3.84. The van der Waals surface area contributed by atoms with E-state index in [0.717, 1.165) is 17.7 Å². The third-order valence-electron chi connectivity index (χ3n) is 3.11. The molecule has 0 amide bonds. The molecule has 108 valence electrons. The number of hydrogen-bond acceptors (Lipinski definition) is 3. The van der Waals surface area contributed by atoms with Crippen LogP contribution in [0.25, 0.3) is 0 Å². The first-order valence-corrected chi connectivity index (χ1v) is 6.63. The van der Waals surface area contributed by atoms with E-state index in [1.165, 1.54) is 12.1 Å². The monoisotopic (exact) mass is 277 g/mol. The van der Waals surface area contributed by atoms with Crippen LogP contribution in [0.3, 0.4) is 0 Å². The first kappa shape index (κ1) is 14.5. The summed E-state index contributed by atoms with van der Waals surface area (Å²) in [4.78, 5) is 0. The molecular weight excluding hydrogens is 257 g/mol. The van der Waals surface area contributed by atoms with Crippen molar-refractivity contribution in [2.45, 2.75) is 33.0 Å². The molecule has 0 aliphatic heterocycles. The summed E-state index contributed by atoms with van der Waals surface area (Å²) >= 11 is 0. The van der Waals surface area contributed by atoms with Crippen LogP contribution in [0.2, 0.25) is 0 Å². The van der Waals surface area contributed by atoms with Crippen molar-refractivity contribution in [3.8, 4) is 5.75 Å². The van der Waals surface area contributed by atoms with Crippen molar-refractivity contribution >= 4 is 0 Å². The van der Waals surface area contributed by atoms with Crippen molar-refractivity contribution in [1.29, 1.82) is 0 Å². The molecule has 0 bridgehead atoms. The Morgan fingerprint density at radius 1 is 1.45 bits per heavy atom. The molecule has 2 aromatic rings. The Labute approximate surface area is 118 Å². The van der Waals surface area contributed by atoms with Crippen LogP contribution >= 0.6 is 0 Å². The average molecular weight is 277 g/mol. The van der Waals surface area contributed by atoms with Gasteiger partial charge < -0.3 is 10.1 Å². The second kappa shape index (κ2) is 6.52. The van der Waals surface area contributed by atoms with Crippen molar-refractivity contribution in [2.24, 2.45) is 0 Å². The Kier molecular flexibility index (Phi) is 4.74. The van der Waals surface area contributed by atoms with Crippen molar-refractivity contribution < 1.29 is 9.13 Å². The standard InChI is InChI=1S/C15H20FN3O/c1-11-7-18-19(9-11)10-12(2)17-8-13-6-14(16)4-5-15(13)20-3/h4-7,9,12,17H,8,10H2,1-3H3/t12-/m1/s1. The normalized spacial score (nSPS) is 12.4. The second-order valence-corrected chi connectivity index (χ2v) is 4.98. The number of nitrogens with zero attached hydrogens (tertiary/aromatic N) is 2. The van der Waals surface area contributed by atoms with Gasteiger partial charge in [-0.05, 0) is 37.6 Å². The van der Waals surface area contributed by atoms with E-state index in [1.54, 1.807) is 13.2 Å². The van der Waals surface area contributed by atoms with Crippen LogP contribution in [0, 0.1) is 12.7 Å². The minimum Gasteiger partial charge on any atom is -0.496 e. The molecule has 0 unspecified atom stereocenters. The first-order valence-electron chi connectivity index (χ1n) is 6.63. The highest BCUT2D eigenvalue weighted by Gasteiger charge is 2.08. The number of hydrogen-bond donors (Lipinski definition) is 1. The zero-order valence-electron chi connectivity index (χ0n) is 12.1. The molecule has 1 heterocycles. The van der Waals surface area contributed by atoms with E-state index in [4.69, 9.17) is 4.74 Å². The van der Waals surface area contributed by atoms with Gasteiger partial charge in [-0.1, -0.05) is 0 Å². The van der Waals surface area contributed by atoms with E-state index in [-0.39, 0.29) is 11.9 Å². The van der Waals surface area contributed by atoms with E-state index >= 15 is 0 Å². The van der Waals surface area contributed by atoms with Crippen molar-refractivity contribution in [3.05, 3.63) is 47.5 Å². The second-order valence-electron chi connectivity index (χ2n) is 4.98. The minimum absolute atomic E-state index is 0.224. The lowest BCUT2D eigenvalue weighted by atomic mass is 10.2. The van der Waals surface area contributed by atoms with E-state index in [2.05, 4.69) is 17.3 Å². The van der Waals surface area contributed by atoms with E-state index in [1.807, 2.05) is 24.0 Å². The predicted octanol–water partition coefficient (Wildman–Crippen LogP) is 2.52. The molecular formula is C15H20FN3O. The molecule has 0 saturated heterocycles. The topological polar surface area (TPSA) is 39.1 Å². The lowest BCUT2D eigenvalue weighted by molar-refractivity contribution is 0.399. The molecule has 0 saturated carbocycles. The summed E-state index contributed by atoms with van der Waals surface area (Å²) < 4.78 is 20.4. The maximum atomic E-state index is 13.3. The molecule has 0 aliphatic carbocycles. The number of aromatic nitrogens is 2. The number of ether oxygens (including phenoxy) is 1. The molecule has 1 atom stereocenters. The lowest BCUT2D eigenvalue weighted by Crippen LogP contribution is -2.30. The van der Waals surface area contributed by atoms with E-state index in [9.17, 15) is 4.39 Å². The van der Waals surface area contributed by atoms with Gasteiger partial charge in [-0.25, -0.2) is 4.39 Å². The van der Waals surface area contributed by atoms with Gasteiger partial charge in [-0.3, -0.25) is 4.68 Å². The van der Waals surface area contributed by atoms with E-state index < -0.39 is 0 Å². The highest BCUT2D eigenvalue weighted by molar-refractivity contribution is 5.33. The number of methoxy groups -OCH3 is 1.